The van der Waals surface area contributed by atoms with Crippen molar-refractivity contribution < 1.29 is 13.2 Å². The standard InChI is InChI=1S/C18H19ClN2O3S/c1-14(22)15-2-6-17(7-3-15)20-10-12-21(13-11-20)25(23,24)18-8-4-16(19)5-9-18/h2-9H,10-13H2,1H3. The molecule has 0 aromatic heterocycles. The number of halogens is 1. The second-order valence-corrected chi connectivity index (χ2v) is 8.32. The number of piperazine rings is 1. The lowest BCUT2D eigenvalue weighted by Gasteiger charge is -2.35. The maximum absolute atomic E-state index is 12.7. The van der Waals surface area contributed by atoms with Gasteiger partial charge in [0.1, 0.15) is 0 Å². The SMILES string of the molecule is CC(=O)c1ccc(N2CCN(S(=O)(=O)c3ccc(Cl)cc3)CC2)cc1. The van der Waals surface area contributed by atoms with Crippen LogP contribution in [0.1, 0.15) is 17.3 Å². The average molecular weight is 379 g/mol. The number of carbonyl (C=O) groups is 1. The van der Waals surface area contributed by atoms with Crippen molar-refractivity contribution in [1.29, 1.82) is 0 Å². The minimum atomic E-state index is -3.50. The van der Waals surface area contributed by atoms with Gasteiger partial charge >= 0.3 is 0 Å². The van der Waals surface area contributed by atoms with Gasteiger partial charge in [0.25, 0.3) is 0 Å². The lowest BCUT2D eigenvalue weighted by molar-refractivity contribution is 0.101. The van der Waals surface area contributed by atoms with Gasteiger partial charge in [-0.3, -0.25) is 4.79 Å². The first-order valence-electron chi connectivity index (χ1n) is 7.99. The van der Waals surface area contributed by atoms with Crippen molar-refractivity contribution in [2.75, 3.05) is 31.1 Å². The molecule has 3 rings (SSSR count). The quantitative estimate of drug-likeness (QED) is 0.767. The van der Waals surface area contributed by atoms with Gasteiger partial charge in [0, 0.05) is 42.5 Å². The van der Waals surface area contributed by atoms with Crippen LogP contribution in [0.15, 0.2) is 53.4 Å². The number of nitrogens with zero attached hydrogens (tertiary/aromatic N) is 2. The zero-order valence-electron chi connectivity index (χ0n) is 13.9. The Morgan fingerprint density at radius 1 is 0.920 bits per heavy atom. The van der Waals surface area contributed by atoms with E-state index in [1.165, 1.54) is 23.4 Å². The highest BCUT2D eigenvalue weighted by Gasteiger charge is 2.28. The number of hydrogen-bond donors (Lipinski definition) is 0. The van der Waals surface area contributed by atoms with E-state index in [1.54, 1.807) is 24.3 Å². The monoisotopic (exact) mass is 378 g/mol. The molecule has 0 spiro atoms. The molecule has 0 radical (unpaired) electrons. The fourth-order valence-electron chi connectivity index (χ4n) is 2.85. The van der Waals surface area contributed by atoms with Gasteiger partial charge < -0.3 is 4.90 Å². The van der Waals surface area contributed by atoms with Crippen LogP contribution in [0.2, 0.25) is 5.02 Å². The molecule has 7 heteroatoms. The van der Waals surface area contributed by atoms with Crippen molar-refractivity contribution in [3.8, 4) is 0 Å². The molecule has 25 heavy (non-hydrogen) atoms. The van der Waals surface area contributed by atoms with E-state index < -0.39 is 10.0 Å². The summed E-state index contributed by atoms with van der Waals surface area (Å²) in [6, 6.07) is 13.6. The van der Waals surface area contributed by atoms with E-state index in [0.717, 1.165) is 5.69 Å². The predicted molar refractivity (Wildman–Crippen MR) is 98.9 cm³/mol. The summed E-state index contributed by atoms with van der Waals surface area (Å²) >= 11 is 5.83. The van der Waals surface area contributed by atoms with Crippen LogP contribution in [0.25, 0.3) is 0 Å². The number of ketones is 1. The van der Waals surface area contributed by atoms with Crippen LogP contribution in [0, 0.1) is 0 Å². The van der Waals surface area contributed by atoms with Crippen molar-refractivity contribution in [2.45, 2.75) is 11.8 Å². The summed E-state index contributed by atoms with van der Waals surface area (Å²) in [6.07, 6.45) is 0. The third-order valence-electron chi connectivity index (χ3n) is 4.33. The van der Waals surface area contributed by atoms with Crippen molar-refractivity contribution >= 4 is 33.1 Å². The van der Waals surface area contributed by atoms with E-state index in [4.69, 9.17) is 11.6 Å². The third-order valence-corrected chi connectivity index (χ3v) is 6.49. The Kier molecular flexibility index (Phi) is 5.13. The number of Topliss-reactive ketones (excluding diaryl/α,β-unsaturated/α-hetero) is 1. The molecule has 1 fully saturated rings. The molecule has 0 bridgehead atoms. The molecule has 0 unspecified atom stereocenters. The van der Waals surface area contributed by atoms with Gasteiger partial charge in [-0.05, 0) is 55.5 Å². The van der Waals surface area contributed by atoms with Crippen LogP contribution in [0.3, 0.4) is 0 Å². The molecule has 0 saturated carbocycles. The average Bonchev–Trinajstić information content (AvgIpc) is 2.62. The molecule has 0 aliphatic carbocycles. The summed E-state index contributed by atoms with van der Waals surface area (Å²) in [5.41, 5.74) is 1.67. The summed E-state index contributed by atoms with van der Waals surface area (Å²) in [5, 5.41) is 0.512. The summed E-state index contributed by atoms with van der Waals surface area (Å²) < 4.78 is 26.9. The largest absolute Gasteiger partial charge is 0.369 e. The molecule has 2 aromatic rings. The highest BCUT2D eigenvalue weighted by atomic mass is 35.5. The van der Waals surface area contributed by atoms with Crippen LogP contribution in [0.4, 0.5) is 5.69 Å². The fourth-order valence-corrected chi connectivity index (χ4v) is 4.40. The summed E-state index contributed by atoms with van der Waals surface area (Å²) in [6.45, 7) is 3.58. The molecular formula is C18H19ClN2O3S. The van der Waals surface area contributed by atoms with Crippen LogP contribution in [0.5, 0.6) is 0 Å². The lowest BCUT2D eigenvalue weighted by Crippen LogP contribution is -2.48. The summed E-state index contributed by atoms with van der Waals surface area (Å²) in [7, 11) is -3.50. The number of anilines is 1. The van der Waals surface area contributed by atoms with E-state index in [9.17, 15) is 13.2 Å². The zero-order valence-corrected chi connectivity index (χ0v) is 15.4. The first kappa shape index (κ1) is 17.9. The molecule has 1 aliphatic rings. The summed E-state index contributed by atoms with van der Waals surface area (Å²) in [5.74, 6) is 0.0328. The third kappa shape index (κ3) is 3.86. The Morgan fingerprint density at radius 2 is 1.48 bits per heavy atom. The normalized spacial score (nSPS) is 16.0. The topological polar surface area (TPSA) is 57.7 Å². The first-order chi connectivity index (χ1) is 11.9. The molecule has 0 amide bonds. The smallest absolute Gasteiger partial charge is 0.243 e. The second-order valence-electron chi connectivity index (χ2n) is 5.95. The van der Waals surface area contributed by atoms with Gasteiger partial charge in [-0.2, -0.15) is 4.31 Å². The number of sulfonamides is 1. The second kappa shape index (κ2) is 7.15. The van der Waals surface area contributed by atoms with Crippen molar-refractivity contribution in [3.63, 3.8) is 0 Å². The van der Waals surface area contributed by atoms with E-state index in [-0.39, 0.29) is 10.7 Å². The summed E-state index contributed by atoms with van der Waals surface area (Å²) in [4.78, 5) is 13.7. The number of hydrogen-bond acceptors (Lipinski definition) is 4. The molecular weight excluding hydrogens is 360 g/mol. The van der Waals surface area contributed by atoms with E-state index in [0.29, 0.717) is 36.8 Å². The van der Waals surface area contributed by atoms with Crippen LogP contribution >= 0.6 is 11.6 Å². The Bertz CT molecular complexity index is 856. The molecule has 2 aromatic carbocycles. The van der Waals surface area contributed by atoms with Gasteiger partial charge in [0.05, 0.1) is 4.90 Å². The highest BCUT2D eigenvalue weighted by Crippen LogP contribution is 2.22. The van der Waals surface area contributed by atoms with Crippen molar-refractivity contribution in [2.24, 2.45) is 0 Å². The number of benzene rings is 2. The molecule has 5 nitrogen and oxygen atoms in total. The van der Waals surface area contributed by atoms with E-state index >= 15 is 0 Å². The Hall–Kier alpha value is -1.89. The molecule has 1 saturated heterocycles. The van der Waals surface area contributed by atoms with Gasteiger partial charge in [-0.1, -0.05) is 11.6 Å². The van der Waals surface area contributed by atoms with Gasteiger partial charge in [-0.15, -0.1) is 0 Å². The molecule has 1 heterocycles. The van der Waals surface area contributed by atoms with Gasteiger partial charge in [-0.25, -0.2) is 8.42 Å². The minimum Gasteiger partial charge on any atom is -0.369 e. The van der Waals surface area contributed by atoms with Gasteiger partial charge in [0.2, 0.25) is 10.0 Å². The predicted octanol–water partition coefficient (Wildman–Crippen LogP) is 3.05. The molecule has 1 aliphatic heterocycles. The van der Waals surface area contributed by atoms with E-state index in [2.05, 4.69) is 4.90 Å². The Labute approximate surface area is 152 Å². The maximum Gasteiger partial charge on any atom is 0.243 e. The highest BCUT2D eigenvalue weighted by molar-refractivity contribution is 7.89. The Balaban J connectivity index is 1.69. The van der Waals surface area contributed by atoms with Crippen molar-refractivity contribution in [1.82, 2.24) is 4.31 Å². The van der Waals surface area contributed by atoms with Crippen LogP contribution < -0.4 is 4.90 Å². The van der Waals surface area contributed by atoms with Crippen LogP contribution in [-0.4, -0.2) is 44.7 Å². The Morgan fingerprint density at radius 3 is 2.00 bits per heavy atom. The number of carbonyl (C=O) groups excluding carboxylic acids is 1. The van der Waals surface area contributed by atoms with Crippen molar-refractivity contribution in [3.05, 3.63) is 59.1 Å². The number of rotatable bonds is 4. The molecule has 0 N–H and O–H groups in total. The zero-order chi connectivity index (χ0) is 18.0. The minimum absolute atomic E-state index is 0.0328. The first-order valence-corrected chi connectivity index (χ1v) is 9.81. The lowest BCUT2D eigenvalue weighted by atomic mass is 10.1. The van der Waals surface area contributed by atoms with Crippen LogP contribution in [-0.2, 0) is 10.0 Å². The molecule has 0 atom stereocenters. The van der Waals surface area contributed by atoms with E-state index in [1.807, 2.05) is 12.1 Å². The fraction of sp³-hybridized carbons (Fsp3) is 0.278. The maximum atomic E-state index is 12.7. The molecule has 132 valence electrons. The van der Waals surface area contributed by atoms with Gasteiger partial charge in [0.15, 0.2) is 5.78 Å².